The minimum Gasteiger partial charge on any atom is -0.379 e. The molecule has 254 valence electrons. The molecule has 4 heteroatoms. The van der Waals surface area contributed by atoms with Gasteiger partial charge in [-0.3, -0.25) is 0 Å². The Hall–Kier alpha value is -0.160. The van der Waals surface area contributed by atoms with Crippen LogP contribution < -0.4 is 5.73 Å². The number of hydrogen-bond acceptors (Lipinski definition) is 4. The molecular formula is C38H79NO3. The van der Waals surface area contributed by atoms with Crippen LogP contribution in [0.1, 0.15) is 200 Å². The first-order valence-electron chi connectivity index (χ1n) is 19.3. The molecule has 0 fully saturated rings. The maximum absolute atomic E-state index is 6.00. The number of unbranched alkanes of at least 4 members (excludes halogenated alkanes) is 26. The molecule has 0 bridgehead atoms. The van der Waals surface area contributed by atoms with Crippen molar-refractivity contribution < 1.29 is 14.2 Å². The fraction of sp³-hybridized carbons (Fsp3) is 1.00. The largest absolute Gasteiger partial charge is 0.379 e. The predicted octanol–water partition coefficient (Wildman–Crippen LogP) is 11.7. The van der Waals surface area contributed by atoms with Crippen LogP contribution in [-0.2, 0) is 14.2 Å². The zero-order valence-electron chi connectivity index (χ0n) is 29.1. The minimum atomic E-state index is 0.0369. The lowest BCUT2D eigenvalue weighted by molar-refractivity contribution is -0.0609. The fourth-order valence-electron chi connectivity index (χ4n) is 5.70. The van der Waals surface area contributed by atoms with Crippen LogP contribution in [0.2, 0.25) is 0 Å². The minimum absolute atomic E-state index is 0.0369. The van der Waals surface area contributed by atoms with E-state index in [0.717, 1.165) is 32.5 Å². The molecule has 0 aromatic carbocycles. The first-order chi connectivity index (χ1) is 20.8. The van der Waals surface area contributed by atoms with Gasteiger partial charge < -0.3 is 19.9 Å². The van der Waals surface area contributed by atoms with E-state index in [1.807, 2.05) is 0 Å². The van der Waals surface area contributed by atoms with Crippen molar-refractivity contribution in [3.05, 3.63) is 0 Å². The van der Waals surface area contributed by atoms with E-state index in [9.17, 15) is 0 Å². The maximum atomic E-state index is 6.00. The predicted molar refractivity (Wildman–Crippen MR) is 186 cm³/mol. The van der Waals surface area contributed by atoms with Gasteiger partial charge in [-0.1, -0.05) is 181 Å². The molecule has 0 heterocycles. The van der Waals surface area contributed by atoms with Crippen molar-refractivity contribution in [3.8, 4) is 0 Å². The van der Waals surface area contributed by atoms with Crippen LogP contribution in [0.3, 0.4) is 0 Å². The summed E-state index contributed by atoms with van der Waals surface area (Å²) in [6, 6.07) is 0. The topological polar surface area (TPSA) is 53.7 Å². The molecule has 42 heavy (non-hydrogen) atoms. The molecule has 0 rings (SSSR count). The monoisotopic (exact) mass is 598 g/mol. The van der Waals surface area contributed by atoms with Gasteiger partial charge in [-0.2, -0.15) is 0 Å². The molecule has 0 aromatic heterocycles. The Kier molecular flexibility index (Phi) is 38.7. The number of rotatable bonds is 38. The molecular weight excluding hydrogens is 518 g/mol. The Morgan fingerprint density at radius 2 is 0.643 bits per heavy atom. The summed E-state index contributed by atoms with van der Waals surface area (Å²) in [5.74, 6) is 0. The lowest BCUT2D eigenvalue weighted by atomic mass is 10.0. The third kappa shape index (κ3) is 36.0. The van der Waals surface area contributed by atoms with E-state index in [2.05, 4.69) is 13.8 Å². The molecule has 0 spiro atoms. The Balaban J connectivity index is 3.52. The summed E-state index contributed by atoms with van der Waals surface area (Å²) >= 11 is 0. The molecule has 0 aliphatic carbocycles. The van der Waals surface area contributed by atoms with Crippen molar-refractivity contribution in [2.75, 3.05) is 39.6 Å². The van der Waals surface area contributed by atoms with Crippen molar-refractivity contribution in [1.82, 2.24) is 0 Å². The first-order valence-corrected chi connectivity index (χ1v) is 19.3. The molecule has 0 saturated carbocycles. The lowest BCUT2D eigenvalue weighted by Crippen LogP contribution is -2.27. The average Bonchev–Trinajstić information content (AvgIpc) is 3.00. The Bertz CT molecular complexity index is 426. The molecule has 0 unspecified atom stereocenters. The lowest BCUT2D eigenvalue weighted by Gasteiger charge is -2.18. The van der Waals surface area contributed by atoms with E-state index in [-0.39, 0.29) is 6.10 Å². The Morgan fingerprint density at radius 1 is 0.357 bits per heavy atom. The highest BCUT2D eigenvalue weighted by atomic mass is 16.6. The Morgan fingerprint density at radius 3 is 0.929 bits per heavy atom. The highest BCUT2D eigenvalue weighted by molar-refractivity contribution is 4.57. The molecule has 0 aliphatic heterocycles. The normalized spacial score (nSPS) is 11.7. The van der Waals surface area contributed by atoms with Crippen molar-refractivity contribution in [3.63, 3.8) is 0 Å². The van der Waals surface area contributed by atoms with Gasteiger partial charge >= 0.3 is 0 Å². The summed E-state index contributed by atoms with van der Waals surface area (Å²) in [7, 11) is 0. The Labute approximate surface area is 265 Å². The molecule has 0 aliphatic rings. The smallest absolute Gasteiger partial charge is 0.104 e. The quantitative estimate of drug-likeness (QED) is 0.0719. The van der Waals surface area contributed by atoms with Crippen LogP contribution in [0.15, 0.2) is 0 Å². The van der Waals surface area contributed by atoms with Gasteiger partial charge in [-0.25, -0.2) is 0 Å². The third-order valence-corrected chi connectivity index (χ3v) is 8.59. The molecule has 0 aromatic rings. The van der Waals surface area contributed by atoms with Crippen LogP contribution in [0.5, 0.6) is 0 Å². The zero-order chi connectivity index (χ0) is 30.4. The van der Waals surface area contributed by atoms with E-state index >= 15 is 0 Å². The van der Waals surface area contributed by atoms with Crippen LogP contribution in [0.25, 0.3) is 0 Å². The highest BCUT2D eigenvalue weighted by Crippen LogP contribution is 2.14. The van der Waals surface area contributed by atoms with Gasteiger partial charge in [0, 0.05) is 19.8 Å². The number of hydrogen-bond donors (Lipinski definition) is 1. The van der Waals surface area contributed by atoms with E-state index < -0.39 is 0 Å². The number of nitrogens with two attached hydrogens (primary N) is 1. The summed E-state index contributed by atoms with van der Waals surface area (Å²) in [4.78, 5) is 0. The van der Waals surface area contributed by atoms with Gasteiger partial charge in [0.15, 0.2) is 0 Å². The van der Waals surface area contributed by atoms with Gasteiger partial charge in [0.05, 0.1) is 13.2 Å². The second kappa shape index (κ2) is 38.9. The van der Waals surface area contributed by atoms with E-state index in [1.54, 1.807) is 0 Å². The van der Waals surface area contributed by atoms with Crippen molar-refractivity contribution in [2.45, 2.75) is 206 Å². The first kappa shape index (κ1) is 41.8. The number of ether oxygens (including phenoxy) is 3. The fourth-order valence-corrected chi connectivity index (χ4v) is 5.70. The molecule has 0 atom stereocenters. The molecule has 2 N–H and O–H groups in total. The summed E-state index contributed by atoms with van der Waals surface area (Å²) < 4.78 is 18.0. The van der Waals surface area contributed by atoms with Crippen LogP contribution >= 0.6 is 0 Å². The average molecular weight is 598 g/mol. The van der Waals surface area contributed by atoms with Crippen LogP contribution in [-0.4, -0.2) is 45.7 Å². The molecule has 0 amide bonds. The van der Waals surface area contributed by atoms with Gasteiger partial charge in [-0.05, 0) is 25.8 Å². The third-order valence-electron chi connectivity index (χ3n) is 8.59. The van der Waals surface area contributed by atoms with Crippen molar-refractivity contribution in [1.29, 1.82) is 0 Å². The standard InChI is InChI=1S/C38H79NO3/c1-3-5-7-9-11-13-15-17-19-21-23-25-27-29-33-40-36-38(42-35-31-32-39)37-41-34-30-28-26-24-22-20-18-16-14-12-10-8-6-4-2/h38H,3-37,39H2,1-2H3. The van der Waals surface area contributed by atoms with Gasteiger partial charge in [0.2, 0.25) is 0 Å². The van der Waals surface area contributed by atoms with Gasteiger partial charge in [0.1, 0.15) is 6.10 Å². The van der Waals surface area contributed by atoms with E-state index in [4.69, 9.17) is 19.9 Å². The van der Waals surface area contributed by atoms with E-state index in [0.29, 0.717) is 26.4 Å². The second-order valence-electron chi connectivity index (χ2n) is 13.0. The van der Waals surface area contributed by atoms with Gasteiger partial charge in [-0.15, -0.1) is 0 Å². The summed E-state index contributed by atoms with van der Waals surface area (Å²) in [5.41, 5.74) is 5.65. The maximum Gasteiger partial charge on any atom is 0.104 e. The molecule has 4 nitrogen and oxygen atoms in total. The summed E-state index contributed by atoms with van der Waals surface area (Å²) in [6.07, 6.45) is 39.8. The van der Waals surface area contributed by atoms with Crippen LogP contribution in [0.4, 0.5) is 0 Å². The van der Waals surface area contributed by atoms with E-state index in [1.165, 1.54) is 167 Å². The summed E-state index contributed by atoms with van der Waals surface area (Å²) in [5, 5.41) is 0. The second-order valence-corrected chi connectivity index (χ2v) is 13.0. The SMILES string of the molecule is CCCCCCCCCCCCCCCCOCC(COCCCCCCCCCCCCCCCC)OCCCN. The van der Waals surface area contributed by atoms with Gasteiger partial charge in [0.25, 0.3) is 0 Å². The van der Waals surface area contributed by atoms with Crippen molar-refractivity contribution >= 4 is 0 Å². The van der Waals surface area contributed by atoms with Crippen molar-refractivity contribution in [2.24, 2.45) is 5.73 Å². The zero-order valence-corrected chi connectivity index (χ0v) is 29.1. The van der Waals surface area contributed by atoms with Crippen LogP contribution in [0, 0.1) is 0 Å². The summed E-state index contributed by atoms with van der Waals surface area (Å²) in [6.45, 7) is 8.92. The molecule has 0 saturated heterocycles. The molecule has 0 radical (unpaired) electrons. The highest BCUT2D eigenvalue weighted by Gasteiger charge is 2.10.